The normalized spacial score (nSPS) is 21.2. The van der Waals surface area contributed by atoms with E-state index in [9.17, 15) is 22.0 Å². The zero-order valence-electron chi connectivity index (χ0n) is 14.5. The highest BCUT2D eigenvalue weighted by Crippen LogP contribution is 2.42. The summed E-state index contributed by atoms with van der Waals surface area (Å²) in [7, 11) is 0. The van der Waals surface area contributed by atoms with Crippen molar-refractivity contribution in [3.63, 3.8) is 0 Å². The number of halogens is 5. The molecule has 26 heavy (non-hydrogen) atoms. The van der Waals surface area contributed by atoms with Crippen molar-refractivity contribution < 1.29 is 22.0 Å². The van der Waals surface area contributed by atoms with Gasteiger partial charge in [0.25, 0.3) is 0 Å². The fourth-order valence-electron chi connectivity index (χ4n) is 3.88. The second-order valence-corrected chi connectivity index (χ2v) is 8.11. The Bertz CT molecular complexity index is 731. The van der Waals surface area contributed by atoms with Crippen LogP contribution in [0.1, 0.15) is 61.8 Å². The van der Waals surface area contributed by atoms with E-state index in [1.54, 1.807) is 0 Å². The molecule has 0 spiro atoms. The van der Waals surface area contributed by atoms with Gasteiger partial charge in [-0.15, -0.1) is 11.3 Å². The van der Waals surface area contributed by atoms with E-state index in [0.717, 1.165) is 44.2 Å². The van der Waals surface area contributed by atoms with Crippen LogP contribution in [0, 0.1) is 17.6 Å². The number of hydrogen-bond donors (Lipinski definition) is 0. The third kappa shape index (κ3) is 4.11. The first-order chi connectivity index (χ1) is 12.3. The Morgan fingerprint density at radius 1 is 1.00 bits per heavy atom. The molecule has 1 aromatic heterocycles. The van der Waals surface area contributed by atoms with Gasteiger partial charge in [0.05, 0.1) is 5.56 Å². The van der Waals surface area contributed by atoms with Gasteiger partial charge in [-0.1, -0.05) is 19.8 Å². The lowest BCUT2D eigenvalue weighted by Gasteiger charge is -2.28. The Morgan fingerprint density at radius 2 is 1.62 bits per heavy atom. The average Bonchev–Trinajstić information content (AvgIpc) is 3.05. The van der Waals surface area contributed by atoms with Gasteiger partial charge in [-0.2, -0.15) is 13.2 Å². The smallest absolute Gasteiger partial charge is 0.206 e. The average molecular weight is 388 g/mol. The number of benzene rings is 1. The molecule has 1 aliphatic carbocycles. The van der Waals surface area contributed by atoms with E-state index in [0.29, 0.717) is 22.8 Å². The quantitative estimate of drug-likeness (QED) is 0.469. The Balaban J connectivity index is 1.82. The highest BCUT2D eigenvalue weighted by molar-refractivity contribution is 7.15. The van der Waals surface area contributed by atoms with E-state index in [-0.39, 0.29) is 16.4 Å². The largest absolute Gasteiger partial charge is 0.425 e. The first-order valence-corrected chi connectivity index (χ1v) is 9.77. The van der Waals surface area contributed by atoms with Crippen molar-refractivity contribution in [3.8, 4) is 10.4 Å². The van der Waals surface area contributed by atoms with Crippen LogP contribution in [0.2, 0.25) is 0 Å². The van der Waals surface area contributed by atoms with Gasteiger partial charge in [-0.25, -0.2) is 8.78 Å². The molecule has 0 saturated heterocycles. The van der Waals surface area contributed by atoms with Crippen LogP contribution in [0.5, 0.6) is 0 Å². The van der Waals surface area contributed by atoms with Gasteiger partial charge in [-0.05, 0) is 67.3 Å². The zero-order valence-corrected chi connectivity index (χ0v) is 15.3. The first-order valence-electron chi connectivity index (χ1n) is 8.96. The molecule has 0 radical (unpaired) electrons. The van der Waals surface area contributed by atoms with Crippen LogP contribution in [0.15, 0.2) is 24.3 Å². The minimum absolute atomic E-state index is 0.0365. The second-order valence-electron chi connectivity index (χ2n) is 7.03. The molecule has 0 N–H and O–H groups in total. The summed E-state index contributed by atoms with van der Waals surface area (Å²) in [5.41, 5.74) is 0.250. The van der Waals surface area contributed by atoms with Gasteiger partial charge < -0.3 is 0 Å². The minimum Gasteiger partial charge on any atom is -0.206 e. The lowest BCUT2D eigenvalue weighted by Crippen LogP contribution is -2.13. The molecule has 6 heteroatoms. The monoisotopic (exact) mass is 388 g/mol. The predicted molar refractivity (Wildman–Crippen MR) is 94.3 cm³/mol. The van der Waals surface area contributed by atoms with Crippen molar-refractivity contribution in [2.24, 2.45) is 5.92 Å². The van der Waals surface area contributed by atoms with Crippen LogP contribution in [0.3, 0.4) is 0 Å². The summed E-state index contributed by atoms with van der Waals surface area (Å²) in [6.07, 6.45) is 1.75. The fourth-order valence-corrected chi connectivity index (χ4v) is 4.80. The molecule has 1 aliphatic rings. The molecule has 1 fully saturated rings. The topological polar surface area (TPSA) is 0 Å². The third-order valence-electron chi connectivity index (χ3n) is 5.21. The Kier molecular flexibility index (Phi) is 5.70. The molecule has 1 saturated carbocycles. The van der Waals surface area contributed by atoms with Crippen molar-refractivity contribution in [1.82, 2.24) is 0 Å². The minimum atomic E-state index is -4.51. The Morgan fingerprint density at radius 3 is 2.12 bits per heavy atom. The standard InChI is InChI=1S/C20H21F5S/c1-2-3-12-4-6-13(7-5-12)14-10-15(21)19(16(22)11-14)17-8-9-18(26-17)20(23,24)25/h8-13H,2-7H2,1H3. The molecule has 0 bridgehead atoms. The van der Waals surface area contributed by atoms with Crippen LogP contribution < -0.4 is 0 Å². The van der Waals surface area contributed by atoms with Crippen LogP contribution in [-0.2, 0) is 6.18 Å². The number of alkyl halides is 3. The summed E-state index contributed by atoms with van der Waals surface area (Å²) in [5, 5.41) is 0. The molecule has 0 nitrogen and oxygen atoms in total. The molecular formula is C20H21F5S. The molecular weight excluding hydrogens is 367 g/mol. The third-order valence-corrected chi connectivity index (χ3v) is 6.36. The van der Waals surface area contributed by atoms with E-state index >= 15 is 0 Å². The summed E-state index contributed by atoms with van der Waals surface area (Å²) in [6, 6.07) is 4.60. The van der Waals surface area contributed by atoms with Gasteiger partial charge in [0, 0.05) is 4.88 Å². The van der Waals surface area contributed by atoms with Gasteiger partial charge in [0.2, 0.25) is 0 Å². The lowest BCUT2D eigenvalue weighted by molar-refractivity contribution is -0.134. The molecule has 2 aromatic rings. The zero-order chi connectivity index (χ0) is 18.9. The number of hydrogen-bond acceptors (Lipinski definition) is 1. The van der Waals surface area contributed by atoms with Gasteiger partial charge in [0.15, 0.2) is 0 Å². The number of rotatable bonds is 4. The summed E-state index contributed by atoms with van der Waals surface area (Å²) >= 11 is 0.363. The molecule has 0 aliphatic heterocycles. The van der Waals surface area contributed by atoms with E-state index in [2.05, 4.69) is 6.92 Å². The summed E-state index contributed by atoms with van der Waals surface area (Å²) in [6.45, 7) is 2.16. The highest BCUT2D eigenvalue weighted by Gasteiger charge is 2.33. The molecule has 1 aromatic carbocycles. The van der Waals surface area contributed by atoms with Crippen molar-refractivity contribution >= 4 is 11.3 Å². The van der Waals surface area contributed by atoms with Crippen molar-refractivity contribution in [2.45, 2.75) is 57.5 Å². The predicted octanol–water partition coefficient (Wildman–Crippen LogP) is 7.79. The molecule has 142 valence electrons. The summed E-state index contributed by atoms with van der Waals surface area (Å²) < 4.78 is 67.3. The van der Waals surface area contributed by atoms with E-state index in [1.165, 1.54) is 18.6 Å². The van der Waals surface area contributed by atoms with Crippen LogP contribution in [-0.4, -0.2) is 0 Å². The van der Waals surface area contributed by atoms with Crippen LogP contribution in [0.4, 0.5) is 22.0 Å². The maximum Gasteiger partial charge on any atom is 0.425 e. The van der Waals surface area contributed by atoms with Crippen LogP contribution >= 0.6 is 11.3 Å². The Labute approximate surface area is 154 Å². The molecule has 1 heterocycles. The van der Waals surface area contributed by atoms with E-state index in [4.69, 9.17) is 0 Å². The maximum atomic E-state index is 14.5. The van der Waals surface area contributed by atoms with E-state index in [1.807, 2.05) is 0 Å². The molecule has 0 amide bonds. The lowest BCUT2D eigenvalue weighted by atomic mass is 9.77. The van der Waals surface area contributed by atoms with E-state index < -0.39 is 22.7 Å². The number of thiophene rings is 1. The molecule has 0 unspecified atom stereocenters. The maximum absolute atomic E-state index is 14.5. The second kappa shape index (κ2) is 7.67. The fraction of sp³-hybridized carbons (Fsp3) is 0.500. The van der Waals surface area contributed by atoms with Crippen molar-refractivity contribution in [3.05, 3.63) is 46.3 Å². The van der Waals surface area contributed by atoms with Gasteiger partial charge in [-0.3, -0.25) is 0 Å². The van der Waals surface area contributed by atoms with Gasteiger partial charge in [0.1, 0.15) is 16.5 Å². The highest BCUT2D eigenvalue weighted by atomic mass is 32.1. The summed E-state index contributed by atoms with van der Waals surface area (Å²) in [5.74, 6) is -0.759. The molecule has 3 rings (SSSR count). The SMILES string of the molecule is CCCC1CCC(c2cc(F)c(-c3ccc(C(F)(F)F)s3)c(F)c2)CC1. The van der Waals surface area contributed by atoms with Crippen LogP contribution in [0.25, 0.3) is 10.4 Å². The summed E-state index contributed by atoms with van der Waals surface area (Å²) in [4.78, 5) is -0.893. The van der Waals surface area contributed by atoms with Crippen molar-refractivity contribution in [1.29, 1.82) is 0 Å². The van der Waals surface area contributed by atoms with Crippen molar-refractivity contribution in [2.75, 3.05) is 0 Å². The molecule has 0 atom stereocenters. The Hall–Kier alpha value is -1.43. The van der Waals surface area contributed by atoms with Gasteiger partial charge >= 0.3 is 6.18 Å². The first kappa shape index (κ1) is 19.3.